The second-order valence-electron chi connectivity index (χ2n) is 9.30. The molecule has 0 aromatic heterocycles. The molecular weight excluding hydrogens is 300 g/mol. The Labute approximate surface area is 146 Å². The molecule has 0 unspecified atom stereocenters. The molecular formula is C21H34O3. The third-order valence-electron chi connectivity index (χ3n) is 8.37. The summed E-state index contributed by atoms with van der Waals surface area (Å²) in [4.78, 5) is 11.9. The van der Waals surface area contributed by atoms with E-state index in [1.54, 1.807) is 7.11 Å². The van der Waals surface area contributed by atoms with Gasteiger partial charge in [-0.1, -0.05) is 6.92 Å². The maximum atomic E-state index is 11.9. The SMILES string of the molecule is COCO[C@H]1CC[C@]2(C)[C@H](CC[C@@H]3[C@H]4CCC(=O)C[C@@H]4CC[C@H]32)C1. The van der Waals surface area contributed by atoms with E-state index >= 15 is 0 Å². The monoisotopic (exact) mass is 334 g/mol. The minimum absolute atomic E-state index is 0.406. The Kier molecular flexibility index (Phi) is 4.77. The van der Waals surface area contributed by atoms with Gasteiger partial charge in [0.1, 0.15) is 12.6 Å². The lowest BCUT2D eigenvalue weighted by Gasteiger charge is -2.60. The van der Waals surface area contributed by atoms with Crippen molar-refractivity contribution in [3.8, 4) is 0 Å². The van der Waals surface area contributed by atoms with Gasteiger partial charge in [0.25, 0.3) is 0 Å². The molecule has 4 aliphatic rings. The highest BCUT2D eigenvalue weighted by atomic mass is 16.7. The molecule has 0 amide bonds. The molecule has 0 spiro atoms. The van der Waals surface area contributed by atoms with Crippen molar-refractivity contribution in [3.63, 3.8) is 0 Å². The molecule has 7 atom stereocenters. The molecule has 0 aromatic rings. The zero-order valence-corrected chi connectivity index (χ0v) is 15.5. The molecule has 3 nitrogen and oxygen atoms in total. The van der Waals surface area contributed by atoms with E-state index in [0.717, 1.165) is 36.5 Å². The first-order chi connectivity index (χ1) is 11.6. The fourth-order valence-electron chi connectivity index (χ4n) is 7.15. The molecule has 4 saturated carbocycles. The van der Waals surface area contributed by atoms with Crippen LogP contribution in [-0.2, 0) is 14.3 Å². The van der Waals surface area contributed by atoms with Gasteiger partial charge in [-0.05, 0) is 86.4 Å². The van der Waals surface area contributed by atoms with Gasteiger partial charge in [-0.3, -0.25) is 4.79 Å². The van der Waals surface area contributed by atoms with Crippen molar-refractivity contribution in [2.45, 2.75) is 77.2 Å². The average molecular weight is 335 g/mol. The predicted molar refractivity (Wildman–Crippen MR) is 93.5 cm³/mol. The maximum Gasteiger partial charge on any atom is 0.146 e. The number of fused-ring (bicyclic) bond motifs is 5. The van der Waals surface area contributed by atoms with E-state index in [1.807, 2.05) is 0 Å². The summed E-state index contributed by atoms with van der Waals surface area (Å²) < 4.78 is 11.0. The van der Waals surface area contributed by atoms with E-state index in [2.05, 4.69) is 6.92 Å². The van der Waals surface area contributed by atoms with Gasteiger partial charge < -0.3 is 9.47 Å². The van der Waals surface area contributed by atoms with Crippen LogP contribution in [0.15, 0.2) is 0 Å². The molecule has 24 heavy (non-hydrogen) atoms. The van der Waals surface area contributed by atoms with Crippen LogP contribution in [0.3, 0.4) is 0 Å². The number of hydrogen-bond acceptors (Lipinski definition) is 3. The van der Waals surface area contributed by atoms with Crippen LogP contribution in [0.2, 0.25) is 0 Å². The Morgan fingerprint density at radius 2 is 1.96 bits per heavy atom. The van der Waals surface area contributed by atoms with Crippen molar-refractivity contribution in [3.05, 3.63) is 0 Å². The quantitative estimate of drug-likeness (QED) is 0.708. The van der Waals surface area contributed by atoms with Crippen molar-refractivity contribution < 1.29 is 14.3 Å². The lowest BCUT2D eigenvalue weighted by atomic mass is 9.45. The third-order valence-corrected chi connectivity index (χ3v) is 8.37. The summed E-state index contributed by atoms with van der Waals surface area (Å²) in [7, 11) is 1.71. The number of rotatable bonds is 3. The average Bonchev–Trinajstić information content (AvgIpc) is 2.59. The summed E-state index contributed by atoms with van der Waals surface area (Å²) in [5, 5.41) is 0. The Morgan fingerprint density at radius 1 is 1.08 bits per heavy atom. The summed E-state index contributed by atoms with van der Waals surface area (Å²) in [5.74, 6) is 4.72. The molecule has 0 aromatic carbocycles. The number of hydrogen-bond donors (Lipinski definition) is 0. The van der Waals surface area contributed by atoms with Crippen LogP contribution in [0.25, 0.3) is 0 Å². The van der Waals surface area contributed by atoms with Crippen molar-refractivity contribution >= 4 is 5.78 Å². The van der Waals surface area contributed by atoms with Gasteiger partial charge in [0, 0.05) is 20.0 Å². The lowest BCUT2D eigenvalue weighted by Crippen LogP contribution is -2.53. The Morgan fingerprint density at radius 3 is 2.79 bits per heavy atom. The van der Waals surface area contributed by atoms with Crippen LogP contribution in [0, 0.1) is 35.0 Å². The highest BCUT2D eigenvalue weighted by Crippen LogP contribution is 2.62. The second-order valence-corrected chi connectivity index (χ2v) is 9.30. The van der Waals surface area contributed by atoms with E-state index in [1.165, 1.54) is 51.4 Å². The second kappa shape index (κ2) is 6.72. The van der Waals surface area contributed by atoms with Gasteiger partial charge in [0.15, 0.2) is 0 Å². The standard InChI is InChI=1S/C21H34O3/c1-21-10-9-17(24-13-23-2)12-15(21)4-6-19-18-7-5-16(22)11-14(18)3-8-20(19)21/h14-15,17-20H,3-13H2,1-2H3/t14-,15+,17-,18-,19+,20+,21+/m0/s1. The zero-order chi connectivity index (χ0) is 16.7. The first kappa shape index (κ1) is 17.0. The molecule has 4 fully saturated rings. The minimum Gasteiger partial charge on any atom is -0.359 e. The normalized spacial score (nSPS) is 48.3. The molecule has 0 bridgehead atoms. The van der Waals surface area contributed by atoms with Crippen molar-refractivity contribution in [2.24, 2.45) is 35.0 Å². The number of ether oxygens (including phenoxy) is 2. The third kappa shape index (κ3) is 2.86. The van der Waals surface area contributed by atoms with Crippen LogP contribution >= 0.6 is 0 Å². The van der Waals surface area contributed by atoms with E-state index in [-0.39, 0.29) is 0 Å². The summed E-state index contributed by atoms with van der Waals surface area (Å²) in [6.07, 6.45) is 12.6. The Balaban J connectivity index is 1.47. The summed E-state index contributed by atoms with van der Waals surface area (Å²) in [6.45, 7) is 3.03. The maximum absolute atomic E-state index is 11.9. The van der Waals surface area contributed by atoms with Crippen LogP contribution in [0.5, 0.6) is 0 Å². The van der Waals surface area contributed by atoms with Gasteiger partial charge >= 0.3 is 0 Å². The first-order valence-corrected chi connectivity index (χ1v) is 10.2. The molecule has 0 saturated heterocycles. The van der Waals surface area contributed by atoms with E-state index < -0.39 is 0 Å². The van der Waals surface area contributed by atoms with Crippen LogP contribution in [0.1, 0.15) is 71.1 Å². The van der Waals surface area contributed by atoms with Gasteiger partial charge in [-0.15, -0.1) is 0 Å². The molecule has 0 heterocycles. The molecule has 136 valence electrons. The van der Waals surface area contributed by atoms with E-state index in [4.69, 9.17) is 9.47 Å². The van der Waals surface area contributed by atoms with Crippen LogP contribution < -0.4 is 0 Å². The summed E-state index contributed by atoms with van der Waals surface area (Å²) in [5.41, 5.74) is 0.516. The van der Waals surface area contributed by atoms with Crippen molar-refractivity contribution in [1.29, 1.82) is 0 Å². The topological polar surface area (TPSA) is 35.5 Å². The van der Waals surface area contributed by atoms with Crippen molar-refractivity contribution in [2.75, 3.05) is 13.9 Å². The van der Waals surface area contributed by atoms with E-state index in [0.29, 0.717) is 30.0 Å². The van der Waals surface area contributed by atoms with E-state index in [9.17, 15) is 4.79 Å². The largest absolute Gasteiger partial charge is 0.359 e. The molecule has 4 aliphatic carbocycles. The van der Waals surface area contributed by atoms with Gasteiger partial charge in [-0.2, -0.15) is 0 Å². The van der Waals surface area contributed by atoms with Gasteiger partial charge in [-0.25, -0.2) is 0 Å². The zero-order valence-electron chi connectivity index (χ0n) is 15.5. The van der Waals surface area contributed by atoms with Gasteiger partial charge in [0.2, 0.25) is 0 Å². The summed E-state index contributed by atoms with van der Waals surface area (Å²) in [6, 6.07) is 0. The fraction of sp³-hybridized carbons (Fsp3) is 0.952. The Bertz CT molecular complexity index is 476. The molecule has 0 N–H and O–H groups in total. The van der Waals surface area contributed by atoms with Crippen LogP contribution in [-0.4, -0.2) is 25.8 Å². The minimum atomic E-state index is 0.406. The van der Waals surface area contributed by atoms with Gasteiger partial charge in [0.05, 0.1) is 6.10 Å². The number of carbonyl (C=O) groups is 1. The first-order valence-electron chi connectivity index (χ1n) is 10.2. The molecule has 4 rings (SSSR count). The molecule has 0 radical (unpaired) electrons. The fourth-order valence-corrected chi connectivity index (χ4v) is 7.15. The number of Topliss-reactive ketones (excluding diaryl/α,β-unsaturated/α-hetero) is 1. The number of ketones is 1. The smallest absolute Gasteiger partial charge is 0.146 e. The molecule has 0 aliphatic heterocycles. The van der Waals surface area contributed by atoms with Crippen molar-refractivity contribution in [1.82, 2.24) is 0 Å². The molecule has 3 heteroatoms. The van der Waals surface area contributed by atoms with Crippen LogP contribution in [0.4, 0.5) is 0 Å². The predicted octanol–water partition coefficient (Wildman–Crippen LogP) is 4.59. The number of methoxy groups -OCH3 is 1. The Hall–Kier alpha value is -0.410. The number of carbonyl (C=O) groups excluding carboxylic acids is 1. The highest BCUT2D eigenvalue weighted by molar-refractivity contribution is 5.79. The lowest BCUT2D eigenvalue weighted by molar-refractivity contribution is -0.150. The highest BCUT2D eigenvalue weighted by Gasteiger charge is 2.55. The summed E-state index contributed by atoms with van der Waals surface area (Å²) >= 11 is 0.